The minimum absolute atomic E-state index is 0.873. The molecule has 4 heteroatoms. The summed E-state index contributed by atoms with van der Waals surface area (Å²) in [5, 5.41) is 4.11. The monoisotopic (exact) mass is 163 g/mol. The van der Waals surface area contributed by atoms with E-state index in [4.69, 9.17) is 4.84 Å². The Hall–Kier alpha value is -1.55. The molecule has 0 bridgehead atoms. The molecule has 0 unspecified atom stereocenters. The van der Waals surface area contributed by atoms with E-state index in [0.717, 1.165) is 11.2 Å². The quantitative estimate of drug-likeness (QED) is 0.678. The molecule has 2 rings (SSSR count). The Balaban J connectivity index is 2.55. The maximum absolute atomic E-state index is 4.79. The molecular weight excluding hydrogens is 154 g/mol. The van der Waals surface area contributed by atoms with E-state index in [1.54, 1.807) is 17.8 Å². The van der Waals surface area contributed by atoms with Gasteiger partial charge in [0.05, 0.1) is 18.8 Å². The lowest BCUT2D eigenvalue weighted by molar-refractivity contribution is 0.271. The molecule has 2 aromatic rings. The first-order valence-electron chi connectivity index (χ1n) is 3.63. The first-order chi connectivity index (χ1) is 5.92. The summed E-state index contributed by atoms with van der Waals surface area (Å²) in [6.07, 6.45) is 3.61. The molecule has 0 aliphatic carbocycles. The Morgan fingerprint density at radius 2 is 2.42 bits per heavy atom. The molecule has 2 aromatic heterocycles. The van der Waals surface area contributed by atoms with Crippen LogP contribution in [0.1, 0.15) is 0 Å². The Morgan fingerprint density at radius 3 is 3.25 bits per heavy atom. The molecule has 12 heavy (non-hydrogen) atoms. The Bertz CT molecular complexity index is 382. The molecule has 2 heterocycles. The van der Waals surface area contributed by atoms with Crippen LogP contribution < -0.4 is 5.48 Å². The molecular formula is C8H9N3O. The van der Waals surface area contributed by atoms with Gasteiger partial charge in [0.2, 0.25) is 0 Å². The van der Waals surface area contributed by atoms with Crippen LogP contribution in [0.2, 0.25) is 0 Å². The largest absolute Gasteiger partial charge is 0.279 e. The second kappa shape index (κ2) is 2.83. The van der Waals surface area contributed by atoms with Crippen LogP contribution in [0, 0.1) is 0 Å². The van der Waals surface area contributed by atoms with Crippen molar-refractivity contribution in [3.05, 3.63) is 30.6 Å². The highest BCUT2D eigenvalue weighted by Gasteiger charge is 1.99. The van der Waals surface area contributed by atoms with Gasteiger partial charge in [-0.2, -0.15) is 5.10 Å². The fourth-order valence-electron chi connectivity index (χ4n) is 1.12. The molecule has 0 fully saturated rings. The Morgan fingerprint density at radius 1 is 1.50 bits per heavy atom. The van der Waals surface area contributed by atoms with Gasteiger partial charge in [-0.3, -0.25) is 10.3 Å². The van der Waals surface area contributed by atoms with E-state index >= 15 is 0 Å². The molecule has 0 saturated carbocycles. The normalized spacial score (nSPS) is 10.4. The van der Waals surface area contributed by atoms with Gasteiger partial charge in [-0.15, -0.1) is 0 Å². The van der Waals surface area contributed by atoms with Gasteiger partial charge in [-0.05, 0) is 12.1 Å². The van der Waals surface area contributed by atoms with Crippen LogP contribution in [0.5, 0.6) is 0 Å². The molecule has 0 aliphatic rings. The molecule has 0 radical (unpaired) electrons. The lowest BCUT2D eigenvalue weighted by Crippen LogP contribution is -1.94. The number of hydrogen-bond acceptors (Lipinski definition) is 3. The highest BCUT2D eigenvalue weighted by atomic mass is 16.6. The van der Waals surface area contributed by atoms with Crippen LogP contribution in [0.4, 0.5) is 5.69 Å². The third kappa shape index (κ3) is 1.02. The van der Waals surface area contributed by atoms with Gasteiger partial charge in [-0.25, -0.2) is 4.52 Å². The molecule has 0 aromatic carbocycles. The van der Waals surface area contributed by atoms with Gasteiger partial charge in [0, 0.05) is 6.20 Å². The summed E-state index contributed by atoms with van der Waals surface area (Å²) in [5.74, 6) is 0. The third-order valence-corrected chi connectivity index (χ3v) is 1.64. The van der Waals surface area contributed by atoms with Crippen LogP contribution in [-0.2, 0) is 4.84 Å². The van der Waals surface area contributed by atoms with E-state index in [9.17, 15) is 0 Å². The average molecular weight is 163 g/mol. The minimum Gasteiger partial charge on any atom is -0.279 e. The first-order valence-corrected chi connectivity index (χ1v) is 3.63. The molecule has 0 atom stereocenters. The maximum Gasteiger partial charge on any atom is 0.106 e. The van der Waals surface area contributed by atoms with Crippen molar-refractivity contribution in [3.8, 4) is 0 Å². The zero-order chi connectivity index (χ0) is 8.39. The second-order valence-electron chi connectivity index (χ2n) is 2.39. The molecule has 1 N–H and O–H groups in total. The van der Waals surface area contributed by atoms with E-state index < -0.39 is 0 Å². The Kier molecular flexibility index (Phi) is 1.68. The summed E-state index contributed by atoms with van der Waals surface area (Å²) in [6, 6.07) is 5.85. The SMILES string of the molecule is CONc1cnn2ccccc12. The molecule has 0 saturated heterocycles. The fourth-order valence-corrected chi connectivity index (χ4v) is 1.12. The number of hydrogen-bond donors (Lipinski definition) is 1. The topological polar surface area (TPSA) is 38.6 Å². The summed E-state index contributed by atoms with van der Waals surface area (Å²) in [5.41, 5.74) is 4.62. The van der Waals surface area contributed by atoms with Crippen molar-refractivity contribution in [1.82, 2.24) is 9.61 Å². The highest BCUT2D eigenvalue weighted by molar-refractivity contribution is 5.69. The van der Waals surface area contributed by atoms with Crippen LogP contribution in [-0.4, -0.2) is 16.7 Å². The second-order valence-corrected chi connectivity index (χ2v) is 2.39. The zero-order valence-corrected chi connectivity index (χ0v) is 6.69. The van der Waals surface area contributed by atoms with Gasteiger partial charge in [0.15, 0.2) is 0 Å². The van der Waals surface area contributed by atoms with E-state index in [-0.39, 0.29) is 0 Å². The van der Waals surface area contributed by atoms with E-state index in [0.29, 0.717) is 0 Å². The highest BCUT2D eigenvalue weighted by Crippen LogP contribution is 2.14. The lowest BCUT2D eigenvalue weighted by Gasteiger charge is -1.98. The number of nitrogens with one attached hydrogen (secondary N) is 1. The number of rotatable bonds is 2. The average Bonchev–Trinajstić information content (AvgIpc) is 2.50. The van der Waals surface area contributed by atoms with Crippen LogP contribution >= 0.6 is 0 Å². The van der Waals surface area contributed by atoms with Gasteiger partial charge >= 0.3 is 0 Å². The molecule has 0 aliphatic heterocycles. The molecule has 4 nitrogen and oxygen atoms in total. The number of nitrogens with zero attached hydrogens (tertiary/aromatic N) is 2. The van der Waals surface area contributed by atoms with Crippen molar-refractivity contribution < 1.29 is 4.84 Å². The summed E-state index contributed by atoms with van der Waals surface area (Å²) in [4.78, 5) is 4.79. The number of pyridine rings is 1. The number of aromatic nitrogens is 2. The van der Waals surface area contributed by atoms with Gasteiger partial charge in [-0.1, -0.05) is 6.07 Å². The molecule has 0 amide bonds. The maximum atomic E-state index is 4.79. The van der Waals surface area contributed by atoms with Crippen LogP contribution in [0.3, 0.4) is 0 Å². The molecule has 62 valence electrons. The van der Waals surface area contributed by atoms with E-state index in [2.05, 4.69) is 10.6 Å². The number of anilines is 1. The minimum atomic E-state index is 0.873. The predicted octanol–water partition coefficient (Wildman–Crippen LogP) is 1.31. The van der Waals surface area contributed by atoms with Gasteiger partial charge in [0.1, 0.15) is 5.69 Å². The van der Waals surface area contributed by atoms with Crippen molar-refractivity contribution >= 4 is 11.2 Å². The first kappa shape index (κ1) is 7.12. The summed E-state index contributed by atoms with van der Waals surface area (Å²) < 4.78 is 1.78. The van der Waals surface area contributed by atoms with E-state index in [1.165, 1.54) is 0 Å². The fraction of sp³-hybridized carbons (Fsp3) is 0.125. The third-order valence-electron chi connectivity index (χ3n) is 1.64. The predicted molar refractivity (Wildman–Crippen MR) is 45.8 cm³/mol. The Labute approximate surface area is 69.7 Å². The van der Waals surface area contributed by atoms with Gasteiger partial charge in [0.25, 0.3) is 0 Å². The van der Waals surface area contributed by atoms with Crippen LogP contribution in [0.15, 0.2) is 30.6 Å². The number of fused-ring (bicyclic) bond motifs is 1. The summed E-state index contributed by atoms with van der Waals surface area (Å²) in [6.45, 7) is 0. The lowest BCUT2D eigenvalue weighted by atomic mass is 10.4. The summed E-state index contributed by atoms with van der Waals surface area (Å²) in [7, 11) is 1.58. The smallest absolute Gasteiger partial charge is 0.106 e. The van der Waals surface area contributed by atoms with E-state index in [1.807, 2.05) is 24.4 Å². The van der Waals surface area contributed by atoms with Crippen molar-refractivity contribution in [2.75, 3.05) is 12.6 Å². The standard InChI is InChI=1S/C8H9N3O/c1-12-10-7-6-9-11-5-3-2-4-8(7)11/h2-6,10H,1H3. The van der Waals surface area contributed by atoms with Crippen molar-refractivity contribution in [1.29, 1.82) is 0 Å². The van der Waals surface area contributed by atoms with Crippen molar-refractivity contribution in [2.45, 2.75) is 0 Å². The van der Waals surface area contributed by atoms with Crippen molar-refractivity contribution in [3.63, 3.8) is 0 Å². The van der Waals surface area contributed by atoms with Crippen LogP contribution in [0.25, 0.3) is 5.52 Å². The zero-order valence-electron chi connectivity index (χ0n) is 6.69. The summed E-state index contributed by atoms with van der Waals surface area (Å²) >= 11 is 0. The molecule has 0 spiro atoms. The van der Waals surface area contributed by atoms with Crippen molar-refractivity contribution in [2.24, 2.45) is 0 Å². The van der Waals surface area contributed by atoms with Gasteiger partial charge < -0.3 is 0 Å².